The summed E-state index contributed by atoms with van der Waals surface area (Å²) in [7, 11) is 0. The van der Waals surface area contributed by atoms with Gasteiger partial charge < -0.3 is 0 Å². The topological polar surface area (TPSA) is 0 Å². The van der Waals surface area contributed by atoms with Crippen LogP contribution in [0.2, 0.25) is 0 Å². The third-order valence-electron chi connectivity index (χ3n) is 3.49. The Hall–Kier alpha value is -1.58. The highest BCUT2D eigenvalue weighted by Crippen LogP contribution is 2.30. The number of benzene rings is 2. The first-order valence-electron chi connectivity index (χ1n) is 6.75. The van der Waals surface area contributed by atoms with Crippen LogP contribution in [0.25, 0.3) is 10.4 Å². The molecule has 0 atom stereocenters. The molecule has 106 valence electrons. The number of halogens is 1. The molecule has 0 unspecified atom stereocenters. The lowest BCUT2D eigenvalue weighted by molar-refractivity contribution is 0.628. The summed E-state index contributed by atoms with van der Waals surface area (Å²) in [6, 6.07) is 17.1. The molecule has 3 rings (SSSR count). The SMILES string of the molecule is Cc1ccc(S)cc1Cc1ccc(-c2ccc(F)cc2)s1. The minimum Gasteiger partial charge on any atom is -0.207 e. The molecule has 21 heavy (non-hydrogen) atoms. The molecule has 0 bridgehead atoms. The second kappa shape index (κ2) is 6.04. The summed E-state index contributed by atoms with van der Waals surface area (Å²) in [6.45, 7) is 2.12. The number of aryl methyl sites for hydroxylation is 1. The molecule has 0 aliphatic heterocycles. The zero-order valence-electron chi connectivity index (χ0n) is 11.6. The molecule has 2 aromatic carbocycles. The predicted octanol–water partition coefficient (Wildman–Crippen LogP) is 5.74. The van der Waals surface area contributed by atoms with Crippen molar-refractivity contribution in [1.82, 2.24) is 0 Å². The Morgan fingerprint density at radius 2 is 1.76 bits per heavy atom. The predicted molar refractivity (Wildman–Crippen MR) is 91.0 cm³/mol. The van der Waals surface area contributed by atoms with Gasteiger partial charge in [0, 0.05) is 21.1 Å². The van der Waals surface area contributed by atoms with Crippen molar-refractivity contribution in [3.05, 3.63) is 76.4 Å². The standard InChI is InChI=1S/C18H15FS2/c1-12-2-7-16(20)10-14(12)11-17-8-9-18(21-17)13-3-5-15(19)6-4-13/h2-10,20H,11H2,1H3. The van der Waals surface area contributed by atoms with Gasteiger partial charge >= 0.3 is 0 Å². The molecule has 0 saturated heterocycles. The van der Waals surface area contributed by atoms with Crippen molar-refractivity contribution in [2.75, 3.05) is 0 Å². The molecule has 0 nitrogen and oxygen atoms in total. The maximum absolute atomic E-state index is 13.0. The second-order valence-electron chi connectivity index (χ2n) is 5.06. The minimum atomic E-state index is -0.197. The Balaban J connectivity index is 1.85. The molecule has 0 spiro atoms. The maximum Gasteiger partial charge on any atom is 0.123 e. The molecule has 1 aromatic heterocycles. The Bertz CT molecular complexity index is 757. The van der Waals surface area contributed by atoms with Crippen molar-refractivity contribution < 1.29 is 4.39 Å². The molecule has 0 amide bonds. The van der Waals surface area contributed by atoms with Crippen molar-refractivity contribution in [3.8, 4) is 10.4 Å². The van der Waals surface area contributed by atoms with Crippen molar-refractivity contribution in [1.29, 1.82) is 0 Å². The first kappa shape index (κ1) is 14.4. The molecular weight excluding hydrogens is 299 g/mol. The third-order valence-corrected chi connectivity index (χ3v) is 4.90. The van der Waals surface area contributed by atoms with E-state index in [9.17, 15) is 4.39 Å². The van der Waals surface area contributed by atoms with E-state index in [-0.39, 0.29) is 5.82 Å². The minimum absolute atomic E-state index is 0.197. The molecule has 0 aliphatic carbocycles. The lowest BCUT2D eigenvalue weighted by Gasteiger charge is -2.05. The van der Waals surface area contributed by atoms with Crippen LogP contribution in [0.4, 0.5) is 4.39 Å². The summed E-state index contributed by atoms with van der Waals surface area (Å²) in [5.41, 5.74) is 3.65. The summed E-state index contributed by atoms with van der Waals surface area (Å²) in [5, 5.41) is 0. The van der Waals surface area contributed by atoms with Gasteiger partial charge in [-0.15, -0.1) is 24.0 Å². The summed E-state index contributed by atoms with van der Waals surface area (Å²) >= 11 is 6.16. The molecule has 0 fully saturated rings. The summed E-state index contributed by atoms with van der Waals surface area (Å²) in [6.07, 6.45) is 0.909. The van der Waals surface area contributed by atoms with Crippen molar-refractivity contribution in [2.45, 2.75) is 18.2 Å². The van der Waals surface area contributed by atoms with Gasteiger partial charge in [-0.25, -0.2) is 4.39 Å². The largest absolute Gasteiger partial charge is 0.207 e. The van der Waals surface area contributed by atoms with E-state index in [0.717, 1.165) is 16.9 Å². The molecule has 0 N–H and O–H groups in total. The van der Waals surface area contributed by atoms with Crippen LogP contribution in [0, 0.1) is 12.7 Å². The van der Waals surface area contributed by atoms with Gasteiger partial charge in [0.05, 0.1) is 0 Å². The average molecular weight is 314 g/mol. The fourth-order valence-electron chi connectivity index (χ4n) is 2.28. The molecule has 3 heteroatoms. The van der Waals surface area contributed by atoms with Crippen LogP contribution in [-0.4, -0.2) is 0 Å². The molecule has 0 aliphatic rings. The molecule has 0 saturated carbocycles. The Morgan fingerprint density at radius 3 is 2.52 bits per heavy atom. The van der Waals surface area contributed by atoms with Crippen LogP contribution >= 0.6 is 24.0 Å². The number of hydrogen-bond donors (Lipinski definition) is 1. The first-order valence-corrected chi connectivity index (χ1v) is 8.01. The number of hydrogen-bond acceptors (Lipinski definition) is 2. The van der Waals surface area contributed by atoms with Crippen molar-refractivity contribution in [2.24, 2.45) is 0 Å². The van der Waals surface area contributed by atoms with Crippen LogP contribution < -0.4 is 0 Å². The van der Waals surface area contributed by atoms with Gasteiger partial charge in [-0.2, -0.15) is 0 Å². The Morgan fingerprint density at radius 1 is 1.00 bits per heavy atom. The zero-order chi connectivity index (χ0) is 14.8. The average Bonchev–Trinajstić information content (AvgIpc) is 2.92. The van der Waals surface area contributed by atoms with Crippen LogP contribution in [0.15, 0.2) is 59.5 Å². The van der Waals surface area contributed by atoms with E-state index < -0.39 is 0 Å². The molecule has 3 aromatic rings. The summed E-state index contributed by atoms with van der Waals surface area (Å²) in [5.74, 6) is -0.197. The van der Waals surface area contributed by atoms with E-state index in [0.29, 0.717) is 0 Å². The Labute approximate surface area is 133 Å². The Kier molecular flexibility index (Phi) is 4.13. The molecule has 0 radical (unpaired) electrons. The normalized spacial score (nSPS) is 10.8. The van der Waals surface area contributed by atoms with Gasteiger partial charge in [-0.3, -0.25) is 0 Å². The third kappa shape index (κ3) is 3.36. The van der Waals surface area contributed by atoms with E-state index in [4.69, 9.17) is 0 Å². The second-order valence-corrected chi connectivity index (χ2v) is 6.75. The van der Waals surface area contributed by atoms with Crippen LogP contribution in [-0.2, 0) is 6.42 Å². The van der Waals surface area contributed by atoms with E-state index in [2.05, 4.69) is 43.8 Å². The zero-order valence-corrected chi connectivity index (χ0v) is 13.3. The van der Waals surface area contributed by atoms with Crippen LogP contribution in [0.5, 0.6) is 0 Å². The van der Waals surface area contributed by atoms with Crippen LogP contribution in [0.3, 0.4) is 0 Å². The van der Waals surface area contributed by atoms with E-state index in [1.54, 1.807) is 11.3 Å². The summed E-state index contributed by atoms with van der Waals surface area (Å²) in [4.78, 5) is 3.46. The first-order chi connectivity index (χ1) is 10.1. The maximum atomic E-state index is 13.0. The van der Waals surface area contributed by atoms with E-state index in [1.807, 2.05) is 18.2 Å². The fourth-order valence-corrected chi connectivity index (χ4v) is 3.54. The van der Waals surface area contributed by atoms with E-state index >= 15 is 0 Å². The van der Waals surface area contributed by atoms with Gasteiger partial charge in [-0.05, 0) is 60.0 Å². The van der Waals surface area contributed by atoms with Crippen molar-refractivity contribution in [3.63, 3.8) is 0 Å². The molecule has 1 heterocycles. The number of rotatable bonds is 3. The molecular formula is C18H15FS2. The number of thiophene rings is 1. The lowest BCUT2D eigenvalue weighted by Crippen LogP contribution is -1.89. The fraction of sp³-hybridized carbons (Fsp3) is 0.111. The quantitative estimate of drug-likeness (QED) is 0.585. The van der Waals surface area contributed by atoms with Gasteiger partial charge in [0.25, 0.3) is 0 Å². The number of thiol groups is 1. The monoisotopic (exact) mass is 314 g/mol. The van der Waals surface area contributed by atoms with Gasteiger partial charge in [0.2, 0.25) is 0 Å². The van der Waals surface area contributed by atoms with Crippen LogP contribution in [0.1, 0.15) is 16.0 Å². The van der Waals surface area contributed by atoms with Gasteiger partial charge in [0.15, 0.2) is 0 Å². The van der Waals surface area contributed by atoms with Gasteiger partial charge in [-0.1, -0.05) is 18.2 Å². The smallest absolute Gasteiger partial charge is 0.123 e. The highest BCUT2D eigenvalue weighted by molar-refractivity contribution is 7.80. The highest BCUT2D eigenvalue weighted by atomic mass is 32.1. The summed E-state index contributed by atoms with van der Waals surface area (Å²) < 4.78 is 13.0. The lowest BCUT2D eigenvalue weighted by atomic mass is 10.1. The van der Waals surface area contributed by atoms with Gasteiger partial charge in [0.1, 0.15) is 5.82 Å². The highest BCUT2D eigenvalue weighted by Gasteiger charge is 2.06. The van der Waals surface area contributed by atoms with Crippen molar-refractivity contribution >= 4 is 24.0 Å². The van der Waals surface area contributed by atoms with E-state index in [1.165, 1.54) is 33.0 Å².